The summed E-state index contributed by atoms with van der Waals surface area (Å²) in [5.41, 5.74) is -0.303. The molecule has 1 aliphatic heterocycles. The van der Waals surface area contributed by atoms with Gasteiger partial charge in [0, 0.05) is 18.5 Å². The van der Waals surface area contributed by atoms with E-state index < -0.39 is 0 Å². The van der Waals surface area contributed by atoms with Gasteiger partial charge in [-0.15, -0.1) is 0 Å². The third-order valence-electron chi connectivity index (χ3n) is 3.58. The van der Waals surface area contributed by atoms with E-state index >= 15 is 0 Å². The maximum absolute atomic E-state index is 11.8. The first-order chi connectivity index (χ1) is 9.34. The van der Waals surface area contributed by atoms with Crippen LogP contribution in [-0.2, 0) is 14.3 Å². The third-order valence-corrected chi connectivity index (χ3v) is 3.58. The summed E-state index contributed by atoms with van der Waals surface area (Å²) >= 11 is 0. The number of likely N-dealkylation sites (N-methyl/N-ethyl adjacent to an activating group) is 1. The van der Waals surface area contributed by atoms with Gasteiger partial charge in [0.25, 0.3) is 0 Å². The first-order valence-electron chi connectivity index (χ1n) is 7.51. The van der Waals surface area contributed by atoms with E-state index in [2.05, 4.69) is 18.7 Å². The number of hydrogen-bond acceptors (Lipinski definition) is 4. The van der Waals surface area contributed by atoms with Gasteiger partial charge in [0.15, 0.2) is 5.78 Å². The van der Waals surface area contributed by atoms with Gasteiger partial charge in [0.2, 0.25) is 0 Å². The van der Waals surface area contributed by atoms with Crippen LogP contribution in [0.15, 0.2) is 12.2 Å². The van der Waals surface area contributed by atoms with Gasteiger partial charge in [-0.25, -0.2) is 0 Å². The molecular weight excluding hydrogens is 254 g/mol. The highest BCUT2D eigenvalue weighted by Crippen LogP contribution is 2.15. The van der Waals surface area contributed by atoms with Crippen molar-refractivity contribution in [2.75, 3.05) is 32.8 Å². The molecule has 0 aromatic carbocycles. The van der Waals surface area contributed by atoms with E-state index in [4.69, 9.17) is 9.47 Å². The van der Waals surface area contributed by atoms with Gasteiger partial charge in [-0.3, -0.25) is 9.69 Å². The van der Waals surface area contributed by atoms with Crippen molar-refractivity contribution in [1.82, 2.24) is 4.90 Å². The molecule has 0 aromatic rings. The first kappa shape index (κ1) is 17.3. The third kappa shape index (κ3) is 5.73. The van der Waals surface area contributed by atoms with Crippen LogP contribution >= 0.6 is 0 Å². The molecular formula is C16H29NO3. The Bertz CT molecular complexity index is 333. The molecule has 0 radical (unpaired) electrons. The highest BCUT2D eigenvalue weighted by Gasteiger charge is 2.24. The monoisotopic (exact) mass is 283 g/mol. The summed E-state index contributed by atoms with van der Waals surface area (Å²) in [6, 6.07) is 0. The average molecular weight is 283 g/mol. The molecule has 0 spiro atoms. The van der Waals surface area contributed by atoms with Crippen LogP contribution in [0.25, 0.3) is 0 Å². The second kappa shape index (κ2) is 7.91. The number of ketones is 1. The van der Waals surface area contributed by atoms with E-state index in [1.165, 1.54) is 0 Å². The Kier molecular flexibility index (Phi) is 6.86. The van der Waals surface area contributed by atoms with Gasteiger partial charge in [-0.2, -0.15) is 0 Å². The summed E-state index contributed by atoms with van der Waals surface area (Å²) in [5.74, 6) is 0.166. The molecule has 1 rings (SSSR count). The van der Waals surface area contributed by atoms with Crippen LogP contribution in [0, 0.1) is 5.41 Å². The van der Waals surface area contributed by atoms with Crippen molar-refractivity contribution in [2.24, 2.45) is 5.41 Å². The largest absolute Gasteiger partial charge is 0.373 e. The Balaban J connectivity index is 2.43. The fourth-order valence-corrected chi connectivity index (χ4v) is 2.02. The second-order valence-electron chi connectivity index (χ2n) is 6.35. The van der Waals surface area contributed by atoms with E-state index in [-0.39, 0.29) is 23.4 Å². The van der Waals surface area contributed by atoms with Gasteiger partial charge in [0.05, 0.1) is 25.4 Å². The standard InChI is InChI=1S/C16H29NO3/c1-6-17(9-7-8-15(18)16(3,4)5)12-14-13(2)19-10-11-20-14/h7-8,13-14H,6,9-12H2,1-5H3/b8-7+/t13-,14+/m1/s1. The van der Waals surface area contributed by atoms with E-state index in [1.807, 2.05) is 26.8 Å². The Morgan fingerprint density at radius 1 is 1.30 bits per heavy atom. The molecule has 0 aromatic heterocycles. The molecule has 1 saturated heterocycles. The fraction of sp³-hybridized carbons (Fsp3) is 0.812. The van der Waals surface area contributed by atoms with Gasteiger partial charge in [0.1, 0.15) is 0 Å². The molecule has 0 amide bonds. The molecule has 0 bridgehead atoms. The smallest absolute Gasteiger partial charge is 0.160 e. The van der Waals surface area contributed by atoms with Crippen LogP contribution in [0.3, 0.4) is 0 Å². The number of carbonyl (C=O) groups excluding carboxylic acids is 1. The highest BCUT2D eigenvalue weighted by molar-refractivity contribution is 5.93. The van der Waals surface area contributed by atoms with E-state index in [9.17, 15) is 4.79 Å². The molecule has 1 fully saturated rings. The van der Waals surface area contributed by atoms with Crippen molar-refractivity contribution in [2.45, 2.75) is 46.8 Å². The Labute approximate surface area is 123 Å². The summed E-state index contributed by atoms with van der Waals surface area (Å²) in [6.07, 6.45) is 3.91. The molecule has 20 heavy (non-hydrogen) atoms. The van der Waals surface area contributed by atoms with E-state index in [0.29, 0.717) is 13.2 Å². The van der Waals surface area contributed by atoms with Gasteiger partial charge in [-0.05, 0) is 19.5 Å². The summed E-state index contributed by atoms with van der Waals surface area (Å²) in [4.78, 5) is 14.1. The minimum Gasteiger partial charge on any atom is -0.373 e. The van der Waals surface area contributed by atoms with Crippen molar-refractivity contribution in [3.63, 3.8) is 0 Å². The predicted molar refractivity (Wildman–Crippen MR) is 80.9 cm³/mol. The number of carbonyl (C=O) groups is 1. The SMILES string of the molecule is CCN(C/C=C/C(=O)C(C)(C)C)C[C@@H]1OCCO[C@@H]1C. The molecule has 0 saturated carbocycles. The van der Waals surface area contributed by atoms with Crippen LogP contribution in [0.4, 0.5) is 0 Å². The maximum atomic E-state index is 11.8. The number of allylic oxidation sites excluding steroid dienone is 1. The topological polar surface area (TPSA) is 38.8 Å². The van der Waals surface area contributed by atoms with Gasteiger partial charge in [-0.1, -0.05) is 33.8 Å². The van der Waals surface area contributed by atoms with Crippen molar-refractivity contribution in [1.29, 1.82) is 0 Å². The zero-order valence-electron chi connectivity index (χ0n) is 13.5. The first-order valence-corrected chi connectivity index (χ1v) is 7.51. The molecule has 1 heterocycles. The van der Waals surface area contributed by atoms with Crippen molar-refractivity contribution < 1.29 is 14.3 Å². The molecule has 1 aliphatic rings. The number of ether oxygens (including phenoxy) is 2. The molecule has 0 N–H and O–H groups in total. The van der Waals surface area contributed by atoms with Crippen molar-refractivity contribution >= 4 is 5.78 Å². The summed E-state index contributed by atoms with van der Waals surface area (Å²) in [5, 5.41) is 0. The van der Waals surface area contributed by atoms with Crippen LogP contribution < -0.4 is 0 Å². The summed E-state index contributed by atoms with van der Waals surface area (Å²) in [6.45, 7) is 13.9. The summed E-state index contributed by atoms with van der Waals surface area (Å²) < 4.78 is 11.3. The Morgan fingerprint density at radius 2 is 1.95 bits per heavy atom. The highest BCUT2D eigenvalue weighted by atomic mass is 16.6. The zero-order valence-corrected chi connectivity index (χ0v) is 13.5. The minimum atomic E-state index is -0.303. The predicted octanol–water partition coefficient (Wildman–Crippen LogP) is 2.28. The van der Waals surface area contributed by atoms with Crippen LogP contribution in [0.5, 0.6) is 0 Å². The Hall–Kier alpha value is -0.710. The lowest BCUT2D eigenvalue weighted by Crippen LogP contribution is -2.44. The van der Waals surface area contributed by atoms with E-state index in [1.54, 1.807) is 6.08 Å². The molecule has 0 unspecified atom stereocenters. The minimum absolute atomic E-state index is 0.121. The lowest BCUT2D eigenvalue weighted by molar-refractivity contribution is -0.138. The van der Waals surface area contributed by atoms with Crippen LogP contribution in [-0.4, -0.2) is 55.7 Å². The van der Waals surface area contributed by atoms with Gasteiger partial charge < -0.3 is 9.47 Å². The molecule has 0 aliphatic carbocycles. The van der Waals surface area contributed by atoms with Crippen molar-refractivity contribution in [3.05, 3.63) is 12.2 Å². The van der Waals surface area contributed by atoms with Crippen LogP contribution in [0.2, 0.25) is 0 Å². The molecule has 4 heteroatoms. The van der Waals surface area contributed by atoms with Crippen LogP contribution in [0.1, 0.15) is 34.6 Å². The number of rotatable bonds is 6. The van der Waals surface area contributed by atoms with Crippen molar-refractivity contribution in [3.8, 4) is 0 Å². The number of hydrogen-bond donors (Lipinski definition) is 0. The lowest BCUT2D eigenvalue weighted by Gasteiger charge is -2.33. The van der Waals surface area contributed by atoms with E-state index in [0.717, 1.165) is 19.6 Å². The average Bonchev–Trinajstić information content (AvgIpc) is 2.38. The Morgan fingerprint density at radius 3 is 2.50 bits per heavy atom. The molecule has 116 valence electrons. The normalized spacial score (nSPS) is 24.5. The molecule has 2 atom stereocenters. The maximum Gasteiger partial charge on any atom is 0.160 e. The molecule has 4 nitrogen and oxygen atoms in total. The lowest BCUT2D eigenvalue weighted by atomic mass is 9.91. The fourth-order valence-electron chi connectivity index (χ4n) is 2.02. The summed E-state index contributed by atoms with van der Waals surface area (Å²) in [7, 11) is 0. The quantitative estimate of drug-likeness (QED) is 0.701. The second-order valence-corrected chi connectivity index (χ2v) is 6.35. The van der Waals surface area contributed by atoms with Gasteiger partial charge >= 0.3 is 0 Å². The zero-order chi connectivity index (χ0) is 15.2. The number of nitrogens with zero attached hydrogens (tertiary/aromatic N) is 1.